The van der Waals surface area contributed by atoms with Gasteiger partial charge < -0.3 is 5.73 Å². The molecule has 1 fully saturated rings. The number of halogens is 1. The molecular weight excluding hydrogens is 347 g/mol. The number of nitrogen functional groups attached to an aromatic ring is 1. The third-order valence-electron chi connectivity index (χ3n) is 2.77. The van der Waals surface area contributed by atoms with Gasteiger partial charge in [-0.15, -0.1) is 0 Å². The van der Waals surface area contributed by atoms with Gasteiger partial charge in [0, 0.05) is 18.4 Å². The molecule has 1 saturated heterocycles. The monoisotopic (exact) mass is 358 g/mol. The summed E-state index contributed by atoms with van der Waals surface area (Å²) in [5.74, 6) is -0.604. The molecule has 0 radical (unpaired) electrons. The minimum absolute atomic E-state index is 0.0593. The molecule has 1 aliphatic rings. The Labute approximate surface area is 117 Å². The quantitative estimate of drug-likeness (QED) is 0.292. The van der Waals surface area contributed by atoms with E-state index in [1.807, 2.05) is 22.6 Å². The average molecular weight is 358 g/mol. The average Bonchev–Trinajstić information content (AvgIpc) is 2.69. The molecule has 0 aliphatic carbocycles. The summed E-state index contributed by atoms with van der Waals surface area (Å²) in [5.41, 5.74) is 6.88. The molecule has 2 amide bonds. The number of imide groups is 1. The van der Waals surface area contributed by atoms with E-state index in [0.29, 0.717) is 21.4 Å². The van der Waals surface area contributed by atoms with E-state index in [9.17, 15) is 14.4 Å². The van der Waals surface area contributed by atoms with Crippen molar-refractivity contribution >= 4 is 51.6 Å². The van der Waals surface area contributed by atoms with Crippen LogP contribution in [-0.2, 0) is 9.59 Å². The van der Waals surface area contributed by atoms with Crippen LogP contribution < -0.4 is 10.6 Å². The van der Waals surface area contributed by atoms with Gasteiger partial charge in [0.2, 0.25) is 11.8 Å². The van der Waals surface area contributed by atoms with Crippen molar-refractivity contribution in [2.24, 2.45) is 0 Å². The third kappa shape index (κ3) is 2.24. The van der Waals surface area contributed by atoms with E-state index in [4.69, 9.17) is 5.73 Å². The standard InChI is InChI=1S/C12H11IN2O3/c13-6-10(16)7-1-2-8(14)9(5-7)15-11(17)3-4-12(15)18/h1-2,5H,3-4,6,14H2. The first-order chi connectivity index (χ1) is 8.54. The predicted octanol–water partition coefficient (Wildman–Crippen LogP) is 1.54. The van der Waals surface area contributed by atoms with E-state index in [1.54, 1.807) is 12.1 Å². The Hall–Kier alpha value is -1.44. The second-order valence-corrected chi connectivity index (χ2v) is 4.72. The van der Waals surface area contributed by atoms with Crippen LogP contribution in [-0.4, -0.2) is 22.0 Å². The molecule has 2 N–H and O–H groups in total. The summed E-state index contributed by atoms with van der Waals surface area (Å²) in [5, 5.41) is 0. The number of alkyl halides is 1. The molecule has 1 aromatic carbocycles. The number of carbonyl (C=O) groups is 3. The number of hydrogen-bond donors (Lipinski definition) is 1. The van der Waals surface area contributed by atoms with Gasteiger partial charge in [-0.05, 0) is 18.2 Å². The molecule has 0 unspecified atom stereocenters. The van der Waals surface area contributed by atoms with Crippen LogP contribution in [0.1, 0.15) is 23.2 Å². The van der Waals surface area contributed by atoms with Crippen LogP contribution >= 0.6 is 22.6 Å². The van der Waals surface area contributed by atoms with Gasteiger partial charge in [-0.2, -0.15) is 0 Å². The Morgan fingerprint density at radius 1 is 1.28 bits per heavy atom. The molecule has 94 valence electrons. The zero-order valence-corrected chi connectivity index (χ0v) is 11.6. The minimum atomic E-state index is -0.272. The molecule has 1 heterocycles. The molecule has 0 spiro atoms. The van der Waals surface area contributed by atoms with Crippen LogP contribution in [0.2, 0.25) is 0 Å². The van der Waals surface area contributed by atoms with Gasteiger partial charge in [-0.1, -0.05) is 22.6 Å². The van der Waals surface area contributed by atoms with Crippen LogP contribution in [0, 0.1) is 0 Å². The molecule has 0 bridgehead atoms. The number of ketones is 1. The largest absolute Gasteiger partial charge is 0.397 e. The lowest BCUT2D eigenvalue weighted by Crippen LogP contribution is -2.29. The lowest BCUT2D eigenvalue weighted by atomic mass is 10.1. The molecule has 2 rings (SSSR count). The summed E-state index contributed by atoms with van der Waals surface area (Å²) in [7, 11) is 0. The molecular formula is C12H11IN2O3. The highest BCUT2D eigenvalue weighted by atomic mass is 127. The zero-order valence-electron chi connectivity index (χ0n) is 9.48. The summed E-state index contributed by atoms with van der Waals surface area (Å²) in [6, 6.07) is 4.66. The Balaban J connectivity index is 2.46. The van der Waals surface area contributed by atoms with Gasteiger partial charge in [0.1, 0.15) is 0 Å². The van der Waals surface area contributed by atoms with Gasteiger partial charge in [-0.25, -0.2) is 4.90 Å². The summed E-state index contributed by atoms with van der Waals surface area (Å²) >= 11 is 1.97. The smallest absolute Gasteiger partial charge is 0.234 e. The Morgan fingerprint density at radius 2 is 1.89 bits per heavy atom. The zero-order chi connectivity index (χ0) is 13.3. The van der Waals surface area contributed by atoms with E-state index >= 15 is 0 Å². The molecule has 18 heavy (non-hydrogen) atoms. The topological polar surface area (TPSA) is 80.5 Å². The molecule has 0 aromatic heterocycles. The SMILES string of the molecule is Nc1ccc(C(=O)CI)cc1N1C(=O)CCC1=O. The van der Waals surface area contributed by atoms with Crippen LogP contribution in [0.4, 0.5) is 11.4 Å². The molecule has 1 aliphatic heterocycles. The summed E-state index contributed by atoms with van der Waals surface area (Å²) in [6.45, 7) is 0. The molecule has 6 heteroatoms. The number of carbonyl (C=O) groups excluding carboxylic acids is 3. The van der Waals surface area contributed by atoms with E-state index in [2.05, 4.69) is 0 Å². The predicted molar refractivity (Wildman–Crippen MR) is 75.8 cm³/mol. The van der Waals surface area contributed by atoms with Crippen molar-refractivity contribution in [1.82, 2.24) is 0 Å². The lowest BCUT2D eigenvalue weighted by Gasteiger charge is -2.16. The first-order valence-electron chi connectivity index (χ1n) is 5.39. The first-order valence-corrected chi connectivity index (χ1v) is 6.91. The lowest BCUT2D eigenvalue weighted by molar-refractivity contribution is -0.121. The number of hydrogen-bond acceptors (Lipinski definition) is 4. The van der Waals surface area contributed by atoms with Gasteiger partial charge >= 0.3 is 0 Å². The van der Waals surface area contributed by atoms with Crippen LogP contribution in [0.3, 0.4) is 0 Å². The van der Waals surface area contributed by atoms with Crippen molar-refractivity contribution < 1.29 is 14.4 Å². The Morgan fingerprint density at radius 3 is 2.44 bits per heavy atom. The number of Topliss-reactive ketones (excluding diaryl/α,β-unsaturated/α-hetero) is 1. The second-order valence-electron chi connectivity index (χ2n) is 3.95. The van der Waals surface area contributed by atoms with Gasteiger partial charge in [0.05, 0.1) is 15.8 Å². The van der Waals surface area contributed by atoms with Crippen molar-refractivity contribution in [3.63, 3.8) is 0 Å². The van der Waals surface area contributed by atoms with E-state index < -0.39 is 0 Å². The van der Waals surface area contributed by atoms with E-state index in [0.717, 1.165) is 4.90 Å². The van der Waals surface area contributed by atoms with Gasteiger partial charge in [-0.3, -0.25) is 14.4 Å². The van der Waals surface area contributed by atoms with Crippen LogP contribution in [0.25, 0.3) is 0 Å². The maximum Gasteiger partial charge on any atom is 0.234 e. The van der Waals surface area contributed by atoms with Crippen molar-refractivity contribution in [1.29, 1.82) is 0 Å². The van der Waals surface area contributed by atoms with E-state index in [-0.39, 0.29) is 30.4 Å². The summed E-state index contributed by atoms with van der Waals surface area (Å²) < 4.78 is 0.336. The number of benzene rings is 1. The highest BCUT2D eigenvalue weighted by Crippen LogP contribution is 2.29. The maximum absolute atomic E-state index is 11.7. The Kier molecular flexibility index (Phi) is 3.65. The maximum atomic E-state index is 11.7. The first kappa shape index (κ1) is 13.0. The minimum Gasteiger partial charge on any atom is -0.397 e. The fourth-order valence-corrected chi connectivity index (χ4v) is 2.27. The highest BCUT2D eigenvalue weighted by molar-refractivity contribution is 14.1. The van der Waals surface area contributed by atoms with Gasteiger partial charge in [0.15, 0.2) is 5.78 Å². The molecule has 5 nitrogen and oxygen atoms in total. The van der Waals surface area contributed by atoms with Crippen molar-refractivity contribution in [3.05, 3.63) is 23.8 Å². The summed E-state index contributed by atoms with van der Waals surface area (Å²) in [6.07, 6.45) is 0.394. The normalized spacial score (nSPS) is 15.3. The molecule has 1 aromatic rings. The summed E-state index contributed by atoms with van der Waals surface area (Å²) in [4.78, 5) is 36.0. The highest BCUT2D eigenvalue weighted by Gasteiger charge is 2.31. The fourth-order valence-electron chi connectivity index (χ4n) is 1.83. The third-order valence-corrected chi connectivity index (χ3v) is 3.46. The van der Waals surface area contributed by atoms with Crippen molar-refractivity contribution in [2.45, 2.75) is 12.8 Å². The number of nitrogens with zero attached hydrogens (tertiary/aromatic N) is 1. The second kappa shape index (κ2) is 5.05. The van der Waals surface area contributed by atoms with Crippen LogP contribution in [0.5, 0.6) is 0 Å². The molecule has 0 saturated carbocycles. The number of anilines is 2. The van der Waals surface area contributed by atoms with Gasteiger partial charge in [0.25, 0.3) is 0 Å². The van der Waals surface area contributed by atoms with Crippen molar-refractivity contribution in [2.75, 3.05) is 15.1 Å². The number of rotatable bonds is 3. The Bertz CT molecular complexity index is 526. The fraction of sp³-hybridized carbons (Fsp3) is 0.250. The van der Waals surface area contributed by atoms with Crippen LogP contribution in [0.15, 0.2) is 18.2 Å². The number of nitrogens with two attached hydrogens (primary N) is 1. The number of amides is 2. The van der Waals surface area contributed by atoms with E-state index in [1.165, 1.54) is 6.07 Å². The van der Waals surface area contributed by atoms with Crippen molar-refractivity contribution in [3.8, 4) is 0 Å². The molecule has 0 atom stereocenters.